The van der Waals surface area contributed by atoms with Gasteiger partial charge in [0.05, 0.1) is 31.1 Å². The Morgan fingerprint density at radius 3 is 2.88 bits per heavy atom. The van der Waals surface area contributed by atoms with E-state index in [9.17, 15) is 14.0 Å². The highest BCUT2D eigenvalue weighted by Crippen LogP contribution is 2.26. The topological polar surface area (TPSA) is 65.8 Å². The van der Waals surface area contributed by atoms with Crippen LogP contribution in [0.1, 0.15) is 12.2 Å². The molecule has 25 heavy (non-hydrogen) atoms. The van der Waals surface area contributed by atoms with E-state index in [-0.39, 0.29) is 24.0 Å². The molecule has 1 aliphatic rings. The lowest BCUT2D eigenvalue weighted by Gasteiger charge is -2.23. The van der Waals surface area contributed by atoms with E-state index in [0.717, 1.165) is 0 Å². The summed E-state index contributed by atoms with van der Waals surface area (Å²) in [7, 11) is 1.72. The van der Waals surface area contributed by atoms with Crippen molar-refractivity contribution in [3.8, 4) is 0 Å². The fraction of sp³-hybridized carbons (Fsp3) is 0.333. The first-order valence-corrected chi connectivity index (χ1v) is 8.11. The lowest BCUT2D eigenvalue weighted by molar-refractivity contribution is -0.125. The number of hydrogen-bond acceptors (Lipinski definition) is 4. The van der Waals surface area contributed by atoms with Gasteiger partial charge in [-0.25, -0.2) is 4.39 Å². The van der Waals surface area contributed by atoms with E-state index < -0.39 is 11.9 Å². The molecule has 3 rings (SSSR count). The van der Waals surface area contributed by atoms with Crippen molar-refractivity contribution in [3.05, 3.63) is 54.2 Å². The number of carbonyl (C=O) groups excluding carboxylic acids is 2. The summed E-state index contributed by atoms with van der Waals surface area (Å²) in [5.74, 6) is -0.142. The van der Waals surface area contributed by atoms with Crippen molar-refractivity contribution < 1.29 is 18.4 Å². The maximum absolute atomic E-state index is 13.9. The molecule has 1 aromatic heterocycles. The Balaban J connectivity index is 1.56. The number of para-hydroxylation sites is 1. The first-order valence-electron chi connectivity index (χ1n) is 8.11. The highest BCUT2D eigenvalue weighted by molar-refractivity contribution is 5.99. The zero-order valence-electron chi connectivity index (χ0n) is 13.9. The molecule has 6 nitrogen and oxygen atoms in total. The summed E-state index contributed by atoms with van der Waals surface area (Å²) in [6.45, 7) is 0.824. The molecule has 1 atom stereocenters. The van der Waals surface area contributed by atoms with Crippen molar-refractivity contribution in [2.75, 3.05) is 25.0 Å². The van der Waals surface area contributed by atoms with Crippen LogP contribution < -0.4 is 10.2 Å². The molecule has 1 aromatic carbocycles. The molecular formula is C18H20FN3O3. The maximum atomic E-state index is 13.9. The van der Waals surface area contributed by atoms with Gasteiger partial charge in [0, 0.05) is 6.54 Å². The van der Waals surface area contributed by atoms with Gasteiger partial charge in [0.15, 0.2) is 0 Å². The Morgan fingerprint density at radius 1 is 1.36 bits per heavy atom. The van der Waals surface area contributed by atoms with Crippen LogP contribution in [0.25, 0.3) is 0 Å². The van der Waals surface area contributed by atoms with Crippen molar-refractivity contribution >= 4 is 17.5 Å². The van der Waals surface area contributed by atoms with Crippen LogP contribution in [0.2, 0.25) is 0 Å². The minimum Gasteiger partial charge on any atom is -0.467 e. The van der Waals surface area contributed by atoms with Crippen LogP contribution in [-0.2, 0) is 16.1 Å². The fourth-order valence-electron chi connectivity index (χ4n) is 2.98. The number of hydrogen-bond donors (Lipinski definition) is 1. The van der Waals surface area contributed by atoms with Gasteiger partial charge in [-0.05, 0) is 37.7 Å². The van der Waals surface area contributed by atoms with Crippen molar-refractivity contribution in [2.24, 2.45) is 0 Å². The summed E-state index contributed by atoms with van der Waals surface area (Å²) in [5.41, 5.74) is 0.283. The summed E-state index contributed by atoms with van der Waals surface area (Å²) < 4.78 is 19.1. The molecule has 7 heteroatoms. The average Bonchev–Trinajstić information content (AvgIpc) is 3.23. The lowest BCUT2D eigenvalue weighted by atomic mass is 10.2. The van der Waals surface area contributed by atoms with Crippen LogP contribution in [0.5, 0.6) is 0 Å². The van der Waals surface area contributed by atoms with E-state index in [2.05, 4.69) is 5.32 Å². The monoisotopic (exact) mass is 345 g/mol. The number of halogens is 1. The third-order valence-electron chi connectivity index (χ3n) is 4.29. The molecule has 0 spiro atoms. The molecule has 2 amide bonds. The SMILES string of the molecule is CN(CC(=O)NCc1ccco1)[C@H]1CCN(c2ccccc2F)C1=O. The zero-order chi connectivity index (χ0) is 17.8. The zero-order valence-corrected chi connectivity index (χ0v) is 13.9. The largest absolute Gasteiger partial charge is 0.467 e. The van der Waals surface area contributed by atoms with Gasteiger partial charge in [0.25, 0.3) is 0 Å². The number of rotatable bonds is 6. The van der Waals surface area contributed by atoms with Gasteiger partial charge < -0.3 is 14.6 Å². The molecule has 0 radical (unpaired) electrons. The Kier molecular flexibility index (Phi) is 5.14. The van der Waals surface area contributed by atoms with Gasteiger partial charge in [-0.1, -0.05) is 12.1 Å². The van der Waals surface area contributed by atoms with Gasteiger partial charge >= 0.3 is 0 Å². The number of carbonyl (C=O) groups is 2. The van der Waals surface area contributed by atoms with Crippen molar-refractivity contribution in [1.29, 1.82) is 0 Å². The average molecular weight is 345 g/mol. The Morgan fingerprint density at radius 2 is 2.16 bits per heavy atom. The second-order valence-corrected chi connectivity index (χ2v) is 6.02. The number of furan rings is 1. The van der Waals surface area contributed by atoms with Crippen LogP contribution in [0.4, 0.5) is 10.1 Å². The number of nitrogens with one attached hydrogen (secondary N) is 1. The summed E-state index contributed by atoms with van der Waals surface area (Å²) in [5, 5.41) is 2.75. The third-order valence-corrected chi connectivity index (χ3v) is 4.29. The standard InChI is InChI=1S/C18H20FN3O3/c1-21(12-17(23)20-11-13-5-4-10-25-13)16-8-9-22(18(16)24)15-7-3-2-6-14(15)19/h2-7,10,16H,8-9,11-12H2,1H3,(H,20,23)/t16-/m0/s1. The molecule has 2 aromatic rings. The van der Waals surface area contributed by atoms with Crippen molar-refractivity contribution in [2.45, 2.75) is 19.0 Å². The first-order chi connectivity index (χ1) is 12.1. The number of nitrogens with zero attached hydrogens (tertiary/aromatic N) is 2. The van der Waals surface area contributed by atoms with Crippen LogP contribution in [0, 0.1) is 5.82 Å². The van der Waals surface area contributed by atoms with E-state index in [1.54, 1.807) is 48.5 Å². The number of likely N-dealkylation sites (N-methyl/N-ethyl adjacent to an activating group) is 1. The van der Waals surface area contributed by atoms with Crippen molar-refractivity contribution in [1.82, 2.24) is 10.2 Å². The molecular weight excluding hydrogens is 325 g/mol. The normalized spacial score (nSPS) is 17.3. The van der Waals surface area contributed by atoms with Crippen LogP contribution >= 0.6 is 0 Å². The molecule has 0 saturated carbocycles. The highest BCUT2D eigenvalue weighted by atomic mass is 19.1. The summed E-state index contributed by atoms with van der Waals surface area (Å²) in [6, 6.07) is 9.30. The molecule has 0 aliphatic carbocycles. The van der Waals surface area contributed by atoms with E-state index in [1.165, 1.54) is 11.0 Å². The Hall–Kier alpha value is -2.67. The molecule has 1 saturated heterocycles. The molecule has 132 valence electrons. The molecule has 1 N–H and O–H groups in total. The van der Waals surface area contributed by atoms with Gasteiger partial charge in [-0.3, -0.25) is 14.5 Å². The maximum Gasteiger partial charge on any atom is 0.244 e. The van der Waals surface area contributed by atoms with Gasteiger partial charge in [-0.2, -0.15) is 0 Å². The first kappa shape index (κ1) is 17.2. The lowest BCUT2D eigenvalue weighted by Crippen LogP contribution is -2.44. The molecule has 1 fully saturated rings. The number of benzene rings is 1. The minimum absolute atomic E-state index is 0.0855. The fourth-order valence-corrected chi connectivity index (χ4v) is 2.98. The van der Waals surface area contributed by atoms with E-state index in [4.69, 9.17) is 4.42 Å². The number of amides is 2. The van der Waals surface area contributed by atoms with Gasteiger partial charge in [0.1, 0.15) is 11.6 Å². The summed E-state index contributed by atoms with van der Waals surface area (Å²) in [6.07, 6.45) is 2.09. The Labute approximate surface area is 145 Å². The smallest absolute Gasteiger partial charge is 0.244 e. The predicted molar refractivity (Wildman–Crippen MR) is 90.3 cm³/mol. The van der Waals surface area contributed by atoms with Gasteiger partial charge in [0.2, 0.25) is 11.8 Å². The molecule has 1 aliphatic heterocycles. The van der Waals surface area contributed by atoms with E-state index in [0.29, 0.717) is 25.3 Å². The highest BCUT2D eigenvalue weighted by Gasteiger charge is 2.36. The molecule has 0 unspecified atom stereocenters. The quantitative estimate of drug-likeness (QED) is 0.867. The van der Waals surface area contributed by atoms with E-state index >= 15 is 0 Å². The molecule has 0 bridgehead atoms. The second kappa shape index (κ2) is 7.48. The van der Waals surface area contributed by atoms with Crippen molar-refractivity contribution in [3.63, 3.8) is 0 Å². The third kappa shape index (κ3) is 3.88. The predicted octanol–water partition coefficient (Wildman–Crippen LogP) is 1.77. The Bertz CT molecular complexity index is 748. The summed E-state index contributed by atoms with van der Waals surface area (Å²) >= 11 is 0. The number of anilines is 1. The second-order valence-electron chi connectivity index (χ2n) is 6.02. The van der Waals surface area contributed by atoms with Crippen LogP contribution in [-0.4, -0.2) is 42.9 Å². The summed E-state index contributed by atoms with van der Waals surface area (Å²) in [4.78, 5) is 27.8. The molecule has 2 heterocycles. The minimum atomic E-state index is -0.436. The van der Waals surface area contributed by atoms with Gasteiger partial charge in [-0.15, -0.1) is 0 Å². The van der Waals surface area contributed by atoms with Crippen LogP contribution in [0.3, 0.4) is 0 Å². The van der Waals surface area contributed by atoms with E-state index in [1.807, 2.05) is 0 Å². The van der Waals surface area contributed by atoms with Crippen LogP contribution in [0.15, 0.2) is 47.1 Å².